The lowest BCUT2D eigenvalue weighted by Gasteiger charge is -2.13. The number of aldehydes is 1. The zero-order valence-electron chi connectivity index (χ0n) is 7.51. The monoisotopic (exact) mass is 171 g/mol. The van der Waals surface area contributed by atoms with E-state index in [1.807, 2.05) is 6.92 Å². The molecule has 0 amide bonds. The van der Waals surface area contributed by atoms with Crippen LogP contribution in [0.25, 0.3) is 0 Å². The molecular formula is C8H13NO3. The third-order valence-corrected chi connectivity index (χ3v) is 2.79. The fraction of sp³-hybridized carbons (Fsp3) is 0.750. The van der Waals surface area contributed by atoms with E-state index in [2.05, 4.69) is 10.1 Å². The van der Waals surface area contributed by atoms with E-state index in [4.69, 9.17) is 0 Å². The average molecular weight is 171 g/mol. The predicted octanol–water partition coefficient (Wildman–Crippen LogP) is -0.274. The van der Waals surface area contributed by atoms with Gasteiger partial charge in [-0.1, -0.05) is 0 Å². The van der Waals surface area contributed by atoms with Crippen LogP contribution >= 0.6 is 0 Å². The van der Waals surface area contributed by atoms with E-state index in [1.165, 1.54) is 7.11 Å². The maximum absolute atomic E-state index is 11.2. The van der Waals surface area contributed by atoms with Crippen LogP contribution in [0, 0.1) is 5.41 Å². The molecule has 68 valence electrons. The number of hydrogen-bond donors (Lipinski definition) is 1. The number of esters is 1. The lowest BCUT2D eigenvalue weighted by Crippen LogP contribution is -2.37. The molecule has 1 saturated carbocycles. The number of hydrogen-bond acceptors (Lipinski definition) is 4. The summed E-state index contributed by atoms with van der Waals surface area (Å²) in [6, 6.07) is 0. The number of nitrogens with one attached hydrogen (secondary N) is 1. The maximum Gasteiger partial charge on any atom is 0.321 e. The quantitative estimate of drug-likeness (QED) is 0.360. The van der Waals surface area contributed by atoms with Crippen LogP contribution in [-0.4, -0.2) is 32.0 Å². The summed E-state index contributed by atoms with van der Waals surface area (Å²) in [5, 5.41) is 2.94. The Morgan fingerprint density at radius 2 is 2.25 bits per heavy atom. The Labute approximate surface area is 71.3 Å². The molecule has 1 aliphatic carbocycles. The van der Waals surface area contributed by atoms with Crippen LogP contribution < -0.4 is 5.32 Å². The molecule has 0 aromatic carbocycles. The molecule has 1 aliphatic rings. The summed E-state index contributed by atoms with van der Waals surface area (Å²) in [4.78, 5) is 21.9. The van der Waals surface area contributed by atoms with Crippen LogP contribution in [0.1, 0.15) is 13.3 Å². The second-order valence-corrected chi connectivity index (χ2v) is 3.34. The molecule has 4 heteroatoms. The summed E-state index contributed by atoms with van der Waals surface area (Å²) >= 11 is 0. The normalized spacial score (nSPS) is 38.9. The zero-order chi connectivity index (χ0) is 9.41. The summed E-state index contributed by atoms with van der Waals surface area (Å²) in [6.45, 7) is 1.83. The van der Waals surface area contributed by atoms with Crippen LogP contribution in [0.2, 0.25) is 0 Å². The Morgan fingerprint density at radius 1 is 1.67 bits per heavy atom. The van der Waals surface area contributed by atoms with Gasteiger partial charge in [-0.05, 0) is 20.4 Å². The van der Waals surface area contributed by atoms with E-state index in [1.54, 1.807) is 7.05 Å². The second-order valence-electron chi connectivity index (χ2n) is 3.34. The Bertz CT molecular complexity index is 228. The molecule has 1 fully saturated rings. The Balaban J connectivity index is 2.84. The highest BCUT2D eigenvalue weighted by Gasteiger charge is 2.70. The highest BCUT2D eigenvalue weighted by molar-refractivity contribution is 5.99. The number of methoxy groups -OCH3 is 1. The molecule has 0 aromatic heterocycles. The lowest BCUT2D eigenvalue weighted by molar-refractivity contribution is -0.149. The first kappa shape index (κ1) is 9.19. The second kappa shape index (κ2) is 2.55. The third kappa shape index (κ3) is 0.876. The van der Waals surface area contributed by atoms with E-state index in [0.717, 1.165) is 0 Å². The minimum atomic E-state index is -0.948. The molecule has 0 radical (unpaired) electrons. The molecule has 0 aliphatic heterocycles. The van der Waals surface area contributed by atoms with Crippen molar-refractivity contribution < 1.29 is 14.3 Å². The van der Waals surface area contributed by atoms with Gasteiger partial charge in [0.05, 0.1) is 7.11 Å². The average Bonchev–Trinajstić information content (AvgIpc) is 2.73. The van der Waals surface area contributed by atoms with Crippen LogP contribution in [0.4, 0.5) is 0 Å². The SMILES string of the molecule is CNC1(C)CC1(C=O)C(=O)OC. The number of rotatable bonds is 3. The van der Waals surface area contributed by atoms with Gasteiger partial charge in [0.2, 0.25) is 0 Å². The van der Waals surface area contributed by atoms with Crippen molar-refractivity contribution in [3.63, 3.8) is 0 Å². The summed E-state index contributed by atoms with van der Waals surface area (Å²) in [5.74, 6) is -0.450. The van der Waals surface area contributed by atoms with Crippen molar-refractivity contribution >= 4 is 12.3 Å². The van der Waals surface area contributed by atoms with Crippen molar-refractivity contribution in [2.75, 3.05) is 14.2 Å². The van der Waals surface area contributed by atoms with E-state index in [0.29, 0.717) is 12.7 Å². The van der Waals surface area contributed by atoms with E-state index in [-0.39, 0.29) is 0 Å². The highest BCUT2D eigenvalue weighted by atomic mass is 16.5. The molecule has 0 heterocycles. The largest absolute Gasteiger partial charge is 0.468 e. The van der Waals surface area contributed by atoms with Gasteiger partial charge in [-0.3, -0.25) is 4.79 Å². The van der Waals surface area contributed by atoms with Gasteiger partial charge in [0.15, 0.2) is 0 Å². The van der Waals surface area contributed by atoms with Crippen LogP contribution in [0.5, 0.6) is 0 Å². The van der Waals surface area contributed by atoms with Crippen LogP contribution in [0.15, 0.2) is 0 Å². The Hall–Kier alpha value is -0.900. The molecule has 12 heavy (non-hydrogen) atoms. The first-order chi connectivity index (χ1) is 5.56. The third-order valence-electron chi connectivity index (χ3n) is 2.79. The molecule has 2 atom stereocenters. The van der Waals surface area contributed by atoms with Gasteiger partial charge in [-0.2, -0.15) is 0 Å². The Kier molecular flexibility index (Phi) is 1.96. The van der Waals surface area contributed by atoms with Gasteiger partial charge in [-0.25, -0.2) is 0 Å². The van der Waals surface area contributed by atoms with Gasteiger partial charge in [-0.15, -0.1) is 0 Å². The number of carbonyl (C=O) groups excluding carboxylic acids is 2. The summed E-state index contributed by atoms with van der Waals surface area (Å²) in [5.41, 5.74) is -1.36. The van der Waals surface area contributed by atoms with Crippen LogP contribution in [0.3, 0.4) is 0 Å². The van der Waals surface area contributed by atoms with Gasteiger partial charge < -0.3 is 14.8 Å². The standard InChI is InChI=1S/C8H13NO3/c1-7(9-2)4-8(7,5-10)6(11)12-3/h5,9H,4H2,1-3H3. The smallest absolute Gasteiger partial charge is 0.321 e. The summed E-state index contributed by atoms with van der Waals surface area (Å²) in [7, 11) is 3.02. The minimum Gasteiger partial charge on any atom is -0.468 e. The van der Waals surface area contributed by atoms with Gasteiger partial charge in [0.1, 0.15) is 11.7 Å². The topological polar surface area (TPSA) is 55.4 Å². The first-order valence-corrected chi connectivity index (χ1v) is 3.80. The van der Waals surface area contributed by atoms with Gasteiger partial charge >= 0.3 is 5.97 Å². The molecule has 2 unspecified atom stereocenters. The Morgan fingerprint density at radius 3 is 2.50 bits per heavy atom. The van der Waals surface area contributed by atoms with Crippen molar-refractivity contribution in [1.29, 1.82) is 0 Å². The molecule has 0 spiro atoms. The van der Waals surface area contributed by atoms with Crippen molar-refractivity contribution in [3.05, 3.63) is 0 Å². The molecule has 0 bridgehead atoms. The zero-order valence-corrected chi connectivity index (χ0v) is 7.51. The molecule has 1 rings (SSSR count). The molecule has 0 aromatic rings. The first-order valence-electron chi connectivity index (χ1n) is 3.80. The fourth-order valence-electron chi connectivity index (χ4n) is 1.52. The fourth-order valence-corrected chi connectivity index (χ4v) is 1.52. The molecule has 4 nitrogen and oxygen atoms in total. The van der Waals surface area contributed by atoms with Crippen LogP contribution in [-0.2, 0) is 14.3 Å². The number of ether oxygens (including phenoxy) is 1. The minimum absolute atomic E-state index is 0.415. The van der Waals surface area contributed by atoms with E-state index < -0.39 is 16.9 Å². The van der Waals surface area contributed by atoms with Gasteiger partial charge in [0, 0.05) is 5.54 Å². The molecule has 0 saturated heterocycles. The molecular weight excluding hydrogens is 158 g/mol. The van der Waals surface area contributed by atoms with Crippen molar-refractivity contribution in [3.8, 4) is 0 Å². The maximum atomic E-state index is 11.2. The molecule has 1 N–H and O–H groups in total. The van der Waals surface area contributed by atoms with E-state index >= 15 is 0 Å². The van der Waals surface area contributed by atoms with Gasteiger partial charge in [0.25, 0.3) is 0 Å². The number of carbonyl (C=O) groups is 2. The lowest BCUT2D eigenvalue weighted by atomic mass is 10.0. The van der Waals surface area contributed by atoms with Crippen molar-refractivity contribution in [2.24, 2.45) is 5.41 Å². The van der Waals surface area contributed by atoms with Crippen molar-refractivity contribution in [1.82, 2.24) is 5.32 Å². The van der Waals surface area contributed by atoms with Crippen molar-refractivity contribution in [2.45, 2.75) is 18.9 Å². The highest BCUT2D eigenvalue weighted by Crippen LogP contribution is 2.54. The summed E-state index contributed by atoms with van der Waals surface area (Å²) in [6.07, 6.45) is 1.20. The van der Waals surface area contributed by atoms with E-state index in [9.17, 15) is 9.59 Å². The summed E-state index contributed by atoms with van der Waals surface area (Å²) < 4.78 is 4.56. The predicted molar refractivity (Wildman–Crippen MR) is 42.6 cm³/mol.